The number of benzene rings is 1. The van der Waals surface area contributed by atoms with Crippen LogP contribution in [0.15, 0.2) is 41.4 Å². The fraction of sp³-hybridized carbons (Fsp3) is 0.231. The third kappa shape index (κ3) is 2.04. The molecule has 1 aromatic carbocycles. The third-order valence-electron chi connectivity index (χ3n) is 3.25. The maximum atomic E-state index is 12.4. The largest absolute Gasteiger partial charge is 0.329 e. The van der Waals surface area contributed by atoms with Gasteiger partial charge in [-0.25, -0.2) is 4.21 Å². The zero-order valence-electron chi connectivity index (χ0n) is 10.5. The van der Waals surface area contributed by atoms with E-state index in [0.29, 0.717) is 29.0 Å². The van der Waals surface area contributed by atoms with Crippen LogP contribution in [0.4, 0.5) is 0 Å². The zero-order chi connectivity index (χ0) is 14.3. The van der Waals surface area contributed by atoms with Crippen molar-refractivity contribution in [2.75, 3.05) is 0 Å². The van der Waals surface area contributed by atoms with E-state index in [4.69, 9.17) is 4.28 Å². The predicted octanol–water partition coefficient (Wildman–Crippen LogP) is 0.889. The fourth-order valence-corrected chi connectivity index (χ4v) is 3.16. The Balaban J connectivity index is 1.93. The summed E-state index contributed by atoms with van der Waals surface area (Å²) in [5, 5.41) is 3.50. The van der Waals surface area contributed by atoms with E-state index in [1.807, 2.05) is 0 Å². The molecule has 104 valence electrons. The number of amides is 2. The van der Waals surface area contributed by atoms with Crippen molar-refractivity contribution in [3.63, 3.8) is 0 Å². The number of nitrogens with zero attached hydrogens (tertiary/aromatic N) is 1. The zero-order valence-corrected chi connectivity index (χ0v) is 11.3. The first-order valence-electron chi connectivity index (χ1n) is 6.09. The molecule has 1 saturated heterocycles. The van der Waals surface area contributed by atoms with Crippen molar-refractivity contribution in [2.24, 2.45) is 0 Å². The van der Waals surface area contributed by atoms with Crippen molar-refractivity contribution in [3.05, 3.63) is 42.1 Å². The molecule has 2 unspecified atom stereocenters. The molecular weight excluding hydrogens is 280 g/mol. The third-order valence-corrected chi connectivity index (χ3v) is 4.26. The molecular formula is C13H12N2O4S. The van der Waals surface area contributed by atoms with Crippen LogP contribution in [0.25, 0.3) is 0 Å². The van der Waals surface area contributed by atoms with Gasteiger partial charge in [0.05, 0.1) is 10.5 Å². The first-order chi connectivity index (χ1) is 9.58. The van der Waals surface area contributed by atoms with Gasteiger partial charge in [0.1, 0.15) is 6.04 Å². The van der Waals surface area contributed by atoms with Gasteiger partial charge in [-0.15, -0.1) is 0 Å². The SMILES string of the molecule is C=C1CCC(N2OS(=O)c3ccccc3C2=O)C(=O)N1. The highest BCUT2D eigenvalue weighted by Crippen LogP contribution is 2.27. The monoisotopic (exact) mass is 292 g/mol. The van der Waals surface area contributed by atoms with Crippen LogP contribution in [0.1, 0.15) is 23.2 Å². The number of hydroxylamine groups is 2. The Morgan fingerprint density at radius 1 is 1.35 bits per heavy atom. The molecule has 0 bridgehead atoms. The van der Waals surface area contributed by atoms with Crippen molar-refractivity contribution >= 4 is 22.9 Å². The molecule has 3 rings (SSSR count). The van der Waals surface area contributed by atoms with E-state index in [0.717, 1.165) is 5.06 Å². The summed E-state index contributed by atoms with van der Waals surface area (Å²) in [4.78, 5) is 24.6. The number of allylic oxidation sites excluding steroid dienone is 1. The van der Waals surface area contributed by atoms with Gasteiger partial charge in [-0.05, 0) is 25.0 Å². The Morgan fingerprint density at radius 3 is 2.85 bits per heavy atom. The highest BCUT2D eigenvalue weighted by atomic mass is 32.2. The van der Waals surface area contributed by atoms with Crippen LogP contribution in [0.2, 0.25) is 0 Å². The molecule has 2 amide bonds. The second-order valence-electron chi connectivity index (χ2n) is 4.58. The Morgan fingerprint density at radius 2 is 2.10 bits per heavy atom. The Hall–Kier alpha value is -1.99. The van der Waals surface area contributed by atoms with E-state index in [2.05, 4.69) is 11.9 Å². The molecule has 0 aliphatic carbocycles. The molecule has 1 fully saturated rings. The summed E-state index contributed by atoms with van der Waals surface area (Å²) in [7, 11) is 0. The summed E-state index contributed by atoms with van der Waals surface area (Å²) in [6.07, 6.45) is 0.952. The molecule has 2 atom stereocenters. The summed E-state index contributed by atoms with van der Waals surface area (Å²) in [6, 6.07) is 5.72. The van der Waals surface area contributed by atoms with Crippen molar-refractivity contribution in [1.82, 2.24) is 10.4 Å². The standard InChI is InChI=1S/C13H12N2O4S/c1-8-6-7-10(12(16)14-8)15-13(17)9-4-2-3-5-11(9)20(18)19-15/h2-5,10H,1,6-7H2,(H,14,16). The average Bonchev–Trinajstić information content (AvgIpc) is 2.43. The van der Waals surface area contributed by atoms with Crippen LogP contribution >= 0.6 is 0 Å². The lowest BCUT2D eigenvalue weighted by Gasteiger charge is -2.34. The van der Waals surface area contributed by atoms with Crippen molar-refractivity contribution in [3.8, 4) is 0 Å². The topological polar surface area (TPSA) is 75.7 Å². The van der Waals surface area contributed by atoms with Crippen LogP contribution < -0.4 is 5.32 Å². The maximum Gasteiger partial charge on any atom is 0.280 e. The van der Waals surface area contributed by atoms with E-state index in [1.54, 1.807) is 24.3 Å². The number of nitrogens with one attached hydrogen (secondary N) is 1. The number of carbonyl (C=O) groups is 2. The quantitative estimate of drug-likeness (QED) is 0.834. The molecule has 0 spiro atoms. The first kappa shape index (κ1) is 13.0. The minimum Gasteiger partial charge on any atom is -0.329 e. The molecule has 2 aliphatic rings. The van der Waals surface area contributed by atoms with Crippen molar-refractivity contribution < 1.29 is 18.1 Å². The van der Waals surface area contributed by atoms with Gasteiger partial charge < -0.3 is 5.32 Å². The predicted molar refractivity (Wildman–Crippen MR) is 70.4 cm³/mol. The van der Waals surface area contributed by atoms with E-state index >= 15 is 0 Å². The lowest BCUT2D eigenvalue weighted by atomic mass is 10.0. The van der Waals surface area contributed by atoms with Gasteiger partial charge in [0.15, 0.2) is 0 Å². The van der Waals surface area contributed by atoms with Gasteiger partial charge in [0.25, 0.3) is 5.91 Å². The maximum absolute atomic E-state index is 12.4. The molecule has 0 radical (unpaired) electrons. The highest BCUT2D eigenvalue weighted by molar-refractivity contribution is 7.80. The lowest BCUT2D eigenvalue weighted by molar-refractivity contribution is -0.137. The van der Waals surface area contributed by atoms with Gasteiger partial charge in [-0.2, -0.15) is 9.35 Å². The minimum absolute atomic E-state index is 0.300. The second kappa shape index (κ2) is 4.84. The molecule has 7 heteroatoms. The molecule has 0 saturated carbocycles. The Bertz CT molecular complexity index is 643. The first-order valence-corrected chi connectivity index (χ1v) is 7.17. The van der Waals surface area contributed by atoms with Gasteiger partial charge in [0, 0.05) is 5.70 Å². The summed E-state index contributed by atoms with van der Waals surface area (Å²) in [6.45, 7) is 3.68. The van der Waals surface area contributed by atoms with E-state index < -0.39 is 23.0 Å². The van der Waals surface area contributed by atoms with Gasteiger partial charge in [0.2, 0.25) is 17.0 Å². The number of carbonyl (C=O) groups excluding carboxylic acids is 2. The molecule has 0 aromatic heterocycles. The van der Waals surface area contributed by atoms with Crippen molar-refractivity contribution in [1.29, 1.82) is 0 Å². The van der Waals surface area contributed by atoms with Crippen LogP contribution in [0, 0.1) is 0 Å². The lowest BCUT2D eigenvalue weighted by Crippen LogP contribution is -2.53. The minimum atomic E-state index is -1.79. The number of hydrogen-bond acceptors (Lipinski definition) is 4. The molecule has 1 N–H and O–H groups in total. The fourth-order valence-electron chi connectivity index (χ4n) is 2.23. The van der Waals surface area contributed by atoms with Gasteiger partial charge in [-0.3, -0.25) is 9.59 Å². The molecule has 2 aliphatic heterocycles. The number of rotatable bonds is 1. The number of piperidine rings is 1. The summed E-state index contributed by atoms with van der Waals surface area (Å²) < 4.78 is 17.1. The smallest absolute Gasteiger partial charge is 0.280 e. The van der Waals surface area contributed by atoms with Gasteiger partial charge >= 0.3 is 0 Å². The highest BCUT2D eigenvalue weighted by Gasteiger charge is 2.40. The molecule has 6 nitrogen and oxygen atoms in total. The van der Waals surface area contributed by atoms with Crippen LogP contribution in [-0.2, 0) is 20.2 Å². The summed E-state index contributed by atoms with van der Waals surface area (Å²) in [5.41, 5.74) is 0.909. The van der Waals surface area contributed by atoms with E-state index in [-0.39, 0.29) is 5.91 Å². The van der Waals surface area contributed by atoms with Crippen LogP contribution in [0.5, 0.6) is 0 Å². The normalized spacial score (nSPS) is 26.2. The Kier molecular flexibility index (Phi) is 3.15. The van der Waals surface area contributed by atoms with Crippen LogP contribution in [0.3, 0.4) is 0 Å². The summed E-state index contributed by atoms with van der Waals surface area (Å²) in [5.74, 6) is -0.821. The van der Waals surface area contributed by atoms with Crippen molar-refractivity contribution in [2.45, 2.75) is 23.8 Å². The van der Waals surface area contributed by atoms with Gasteiger partial charge in [-0.1, -0.05) is 18.7 Å². The number of hydrogen-bond donors (Lipinski definition) is 1. The van der Waals surface area contributed by atoms with E-state index in [1.165, 1.54) is 0 Å². The molecule has 1 aromatic rings. The second-order valence-corrected chi connectivity index (χ2v) is 5.64. The summed E-state index contributed by atoms with van der Waals surface area (Å²) >= 11 is -1.79. The van der Waals surface area contributed by atoms with E-state index in [9.17, 15) is 13.8 Å². The molecule has 2 heterocycles. The number of fused-ring (bicyclic) bond motifs is 1. The average molecular weight is 292 g/mol. The molecule has 20 heavy (non-hydrogen) atoms. The Labute approximate surface area is 118 Å². The van der Waals surface area contributed by atoms with Crippen LogP contribution in [-0.4, -0.2) is 27.1 Å².